The van der Waals surface area contributed by atoms with Crippen molar-refractivity contribution in [3.63, 3.8) is 0 Å². The summed E-state index contributed by atoms with van der Waals surface area (Å²) in [5, 5.41) is 2.91. The van der Waals surface area contributed by atoms with Crippen molar-refractivity contribution in [2.75, 3.05) is 32.6 Å². The first kappa shape index (κ1) is 17.9. The summed E-state index contributed by atoms with van der Waals surface area (Å²) in [5.41, 5.74) is 0.554. The molecule has 1 N–H and O–H groups in total. The molecule has 0 aliphatic heterocycles. The van der Waals surface area contributed by atoms with Gasteiger partial charge in [-0.3, -0.25) is 4.98 Å². The van der Waals surface area contributed by atoms with Crippen LogP contribution in [0, 0.1) is 0 Å². The van der Waals surface area contributed by atoms with Gasteiger partial charge in [-0.05, 0) is 18.9 Å². The highest BCUT2D eigenvalue weighted by molar-refractivity contribution is 7.89. The molecule has 21 heavy (non-hydrogen) atoms. The van der Waals surface area contributed by atoms with Gasteiger partial charge >= 0.3 is 0 Å². The van der Waals surface area contributed by atoms with Crippen molar-refractivity contribution in [2.24, 2.45) is 0 Å². The molecule has 0 bridgehead atoms. The first-order chi connectivity index (χ1) is 10.0. The fraction of sp³-hybridized carbons (Fsp3) is 0.643. The van der Waals surface area contributed by atoms with E-state index in [0.29, 0.717) is 18.8 Å². The van der Waals surface area contributed by atoms with Crippen molar-refractivity contribution in [2.45, 2.75) is 37.6 Å². The Bertz CT molecular complexity index is 530. The highest BCUT2D eigenvalue weighted by atomic mass is 32.2. The lowest BCUT2D eigenvalue weighted by Crippen LogP contribution is -2.42. The van der Waals surface area contributed by atoms with Crippen molar-refractivity contribution in [1.82, 2.24) is 9.29 Å². The van der Waals surface area contributed by atoms with Crippen LogP contribution >= 0.6 is 0 Å². The van der Waals surface area contributed by atoms with E-state index in [0.717, 1.165) is 12.8 Å². The van der Waals surface area contributed by atoms with E-state index in [1.54, 1.807) is 26.4 Å². The third kappa shape index (κ3) is 4.15. The molecule has 0 aromatic carbocycles. The molecule has 1 aromatic rings. The zero-order chi connectivity index (χ0) is 15.9. The van der Waals surface area contributed by atoms with Gasteiger partial charge in [0.25, 0.3) is 0 Å². The highest BCUT2D eigenvalue weighted by Gasteiger charge is 2.31. The van der Waals surface area contributed by atoms with E-state index < -0.39 is 10.0 Å². The van der Waals surface area contributed by atoms with Crippen molar-refractivity contribution in [1.29, 1.82) is 0 Å². The van der Waals surface area contributed by atoms with Crippen LogP contribution in [0.2, 0.25) is 0 Å². The number of pyridine rings is 1. The van der Waals surface area contributed by atoms with Crippen LogP contribution in [0.5, 0.6) is 0 Å². The van der Waals surface area contributed by atoms with Crippen LogP contribution in [0.15, 0.2) is 23.4 Å². The molecule has 1 heterocycles. The normalized spacial score (nSPS) is 12.1. The molecule has 120 valence electrons. The maximum absolute atomic E-state index is 13.0. The molecular formula is C14H25N3O3S. The van der Waals surface area contributed by atoms with Gasteiger partial charge in [0.15, 0.2) is 0 Å². The lowest BCUT2D eigenvalue weighted by atomic mass is 10.2. The summed E-state index contributed by atoms with van der Waals surface area (Å²) in [6.45, 7) is 4.69. The SMILES string of the molecule is CCC(CC)N(CCOC)S(=O)(=O)c1cnccc1NC. The fourth-order valence-electron chi connectivity index (χ4n) is 2.29. The van der Waals surface area contributed by atoms with Crippen molar-refractivity contribution in [3.8, 4) is 0 Å². The molecule has 7 heteroatoms. The summed E-state index contributed by atoms with van der Waals surface area (Å²) < 4.78 is 32.5. The number of hydrogen-bond donors (Lipinski definition) is 1. The summed E-state index contributed by atoms with van der Waals surface area (Å²) in [6.07, 6.45) is 4.48. The smallest absolute Gasteiger partial charge is 0.246 e. The van der Waals surface area contributed by atoms with E-state index in [-0.39, 0.29) is 10.9 Å². The average Bonchev–Trinajstić information content (AvgIpc) is 2.51. The number of ether oxygens (including phenoxy) is 1. The Morgan fingerprint density at radius 1 is 1.38 bits per heavy atom. The maximum atomic E-state index is 13.0. The van der Waals surface area contributed by atoms with Crippen LogP contribution < -0.4 is 5.32 Å². The third-order valence-electron chi connectivity index (χ3n) is 3.51. The zero-order valence-electron chi connectivity index (χ0n) is 13.2. The number of aromatic nitrogens is 1. The second kappa shape index (κ2) is 8.31. The Kier molecular flexibility index (Phi) is 7.07. The Labute approximate surface area is 127 Å². The standard InChI is InChI=1S/C14H25N3O3S/c1-5-12(6-2)17(9-10-20-4)21(18,19)14-11-16-8-7-13(14)15-3/h7-8,11-12H,5-6,9-10H2,1-4H3,(H,15,16). The topological polar surface area (TPSA) is 71.5 Å². The molecule has 0 saturated heterocycles. The fourth-order valence-corrected chi connectivity index (χ4v) is 4.19. The average molecular weight is 315 g/mol. The van der Waals surface area contributed by atoms with E-state index in [1.807, 2.05) is 13.8 Å². The highest BCUT2D eigenvalue weighted by Crippen LogP contribution is 2.26. The Balaban J connectivity index is 3.25. The van der Waals surface area contributed by atoms with E-state index in [2.05, 4.69) is 10.3 Å². The predicted octanol–water partition coefficient (Wildman–Crippen LogP) is 1.95. The van der Waals surface area contributed by atoms with Crippen LogP contribution in [0.4, 0.5) is 5.69 Å². The van der Waals surface area contributed by atoms with Gasteiger partial charge in [0.1, 0.15) is 4.90 Å². The van der Waals surface area contributed by atoms with Gasteiger partial charge in [-0.1, -0.05) is 13.8 Å². The van der Waals surface area contributed by atoms with Crippen LogP contribution in [0.1, 0.15) is 26.7 Å². The Morgan fingerprint density at radius 3 is 2.57 bits per heavy atom. The quantitative estimate of drug-likeness (QED) is 0.754. The van der Waals surface area contributed by atoms with Crippen LogP contribution in [-0.4, -0.2) is 51.1 Å². The molecule has 0 atom stereocenters. The second-order valence-corrected chi connectivity index (χ2v) is 6.56. The number of methoxy groups -OCH3 is 1. The second-order valence-electron chi connectivity index (χ2n) is 4.70. The van der Waals surface area contributed by atoms with Crippen molar-refractivity contribution >= 4 is 15.7 Å². The van der Waals surface area contributed by atoms with Gasteiger partial charge in [-0.15, -0.1) is 0 Å². The van der Waals surface area contributed by atoms with Gasteiger partial charge < -0.3 is 10.1 Å². The van der Waals surface area contributed by atoms with E-state index in [1.165, 1.54) is 10.5 Å². The van der Waals surface area contributed by atoms with Crippen LogP contribution in [0.3, 0.4) is 0 Å². The first-order valence-electron chi connectivity index (χ1n) is 7.15. The minimum Gasteiger partial charge on any atom is -0.387 e. The molecule has 1 aromatic heterocycles. The summed E-state index contributed by atoms with van der Waals surface area (Å²) in [5.74, 6) is 0. The molecule has 0 aliphatic rings. The summed E-state index contributed by atoms with van der Waals surface area (Å²) in [4.78, 5) is 4.16. The molecule has 0 unspecified atom stereocenters. The minimum absolute atomic E-state index is 0.0462. The molecule has 6 nitrogen and oxygen atoms in total. The van der Waals surface area contributed by atoms with E-state index >= 15 is 0 Å². The van der Waals surface area contributed by atoms with Gasteiger partial charge in [0, 0.05) is 39.1 Å². The first-order valence-corrected chi connectivity index (χ1v) is 8.59. The van der Waals surface area contributed by atoms with Crippen LogP contribution in [0.25, 0.3) is 0 Å². The molecule has 0 radical (unpaired) electrons. The zero-order valence-corrected chi connectivity index (χ0v) is 14.0. The lowest BCUT2D eigenvalue weighted by Gasteiger charge is -2.29. The lowest BCUT2D eigenvalue weighted by molar-refractivity contribution is 0.163. The number of nitrogens with one attached hydrogen (secondary N) is 1. The summed E-state index contributed by atoms with van der Waals surface area (Å²) in [6, 6.07) is 1.61. The van der Waals surface area contributed by atoms with Gasteiger partial charge in [-0.25, -0.2) is 8.42 Å². The maximum Gasteiger partial charge on any atom is 0.246 e. The van der Waals surface area contributed by atoms with E-state index in [4.69, 9.17) is 4.74 Å². The Morgan fingerprint density at radius 2 is 2.05 bits per heavy atom. The molecule has 0 spiro atoms. The molecular weight excluding hydrogens is 290 g/mol. The summed E-state index contributed by atoms with van der Waals surface area (Å²) in [7, 11) is -0.342. The van der Waals surface area contributed by atoms with Crippen molar-refractivity contribution in [3.05, 3.63) is 18.5 Å². The third-order valence-corrected chi connectivity index (χ3v) is 5.49. The van der Waals surface area contributed by atoms with Crippen LogP contribution in [-0.2, 0) is 14.8 Å². The number of rotatable bonds is 9. The minimum atomic E-state index is -3.61. The summed E-state index contributed by atoms with van der Waals surface area (Å²) >= 11 is 0. The number of sulfonamides is 1. The number of hydrogen-bond acceptors (Lipinski definition) is 5. The van der Waals surface area contributed by atoms with E-state index in [9.17, 15) is 8.42 Å². The predicted molar refractivity (Wildman–Crippen MR) is 83.9 cm³/mol. The molecule has 0 amide bonds. The number of anilines is 1. The monoisotopic (exact) mass is 315 g/mol. The van der Waals surface area contributed by atoms with Gasteiger partial charge in [-0.2, -0.15) is 4.31 Å². The molecule has 0 saturated carbocycles. The molecule has 1 rings (SSSR count). The van der Waals surface area contributed by atoms with Gasteiger partial charge in [0.05, 0.1) is 12.3 Å². The van der Waals surface area contributed by atoms with Gasteiger partial charge in [0.2, 0.25) is 10.0 Å². The number of nitrogens with zero attached hydrogens (tertiary/aromatic N) is 2. The Hall–Kier alpha value is -1.18. The largest absolute Gasteiger partial charge is 0.387 e. The van der Waals surface area contributed by atoms with Crippen molar-refractivity contribution < 1.29 is 13.2 Å². The molecule has 0 aliphatic carbocycles. The molecule has 0 fully saturated rings.